The zero-order chi connectivity index (χ0) is 15.7. The minimum atomic E-state index is -1.03. The number of aromatic nitrogens is 2. The number of carboxylic acids is 1. The Bertz CT molecular complexity index is 839. The average Bonchev–Trinajstić information content (AvgIpc) is 2.84. The number of pyridine rings is 1. The average molecular weight is 299 g/mol. The fourth-order valence-electron chi connectivity index (χ4n) is 2.33. The molecule has 2 N–H and O–H groups in total. The van der Waals surface area contributed by atoms with E-state index in [1.165, 1.54) is 0 Å². The van der Waals surface area contributed by atoms with Crippen LogP contribution in [0.15, 0.2) is 30.5 Å². The predicted molar refractivity (Wildman–Crippen MR) is 84.6 cm³/mol. The van der Waals surface area contributed by atoms with Gasteiger partial charge in [0.1, 0.15) is 18.1 Å². The van der Waals surface area contributed by atoms with Crippen molar-refractivity contribution in [2.75, 3.05) is 27.2 Å². The zero-order valence-corrected chi connectivity index (χ0v) is 12.5. The summed E-state index contributed by atoms with van der Waals surface area (Å²) in [4.78, 5) is 20.3. The number of benzene rings is 1. The van der Waals surface area contributed by atoms with E-state index in [-0.39, 0.29) is 5.69 Å². The highest BCUT2D eigenvalue weighted by Crippen LogP contribution is 2.28. The lowest BCUT2D eigenvalue weighted by atomic mass is 10.1. The maximum atomic E-state index is 11.1. The van der Waals surface area contributed by atoms with Gasteiger partial charge in [-0.2, -0.15) is 0 Å². The molecule has 2 aromatic heterocycles. The van der Waals surface area contributed by atoms with Crippen molar-refractivity contribution in [1.29, 1.82) is 0 Å². The molecule has 0 unspecified atom stereocenters. The number of rotatable bonds is 5. The number of carboxylic acid groups (broad SMARTS) is 1. The first-order valence-electron chi connectivity index (χ1n) is 6.97. The lowest BCUT2D eigenvalue weighted by Crippen LogP contribution is -2.19. The summed E-state index contributed by atoms with van der Waals surface area (Å²) in [5.41, 5.74) is 1.78. The number of aromatic amines is 1. The van der Waals surface area contributed by atoms with Crippen LogP contribution in [0.1, 0.15) is 10.5 Å². The van der Waals surface area contributed by atoms with Crippen molar-refractivity contribution >= 4 is 27.8 Å². The van der Waals surface area contributed by atoms with E-state index in [1.807, 2.05) is 32.3 Å². The lowest BCUT2D eigenvalue weighted by molar-refractivity contribution is 0.0690. The number of hydrogen-bond acceptors (Lipinski definition) is 4. The van der Waals surface area contributed by atoms with Crippen molar-refractivity contribution in [3.05, 3.63) is 36.2 Å². The van der Waals surface area contributed by atoms with Gasteiger partial charge in [-0.1, -0.05) is 0 Å². The lowest BCUT2D eigenvalue weighted by Gasteiger charge is -2.10. The number of carbonyl (C=O) groups is 1. The molecule has 114 valence electrons. The zero-order valence-electron chi connectivity index (χ0n) is 12.5. The third-order valence-corrected chi connectivity index (χ3v) is 3.48. The third kappa shape index (κ3) is 2.73. The highest BCUT2D eigenvalue weighted by molar-refractivity contribution is 6.08. The molecule has 0 aliphatic heterocycles. The van der Waals surface area contributed by atoms with E-state index in [0.29, 0.717) is 6.61 Å². The van der Waals surface area contributed by atoms with E-state index in [0.717, 1.165) is 34.1 Å². The molecule has 0 spiro atoms. The van der Waals surface area contributed by atoms with Crippen LogP contribution in [-0.2, 0) is 0 Å². The molecule has 22 heavy (non-hydrogen) atoms. The van der Waals surface area contributed by atoms with Crippen molar-refractivity contribution in [3.8, 4) is 5.75 Å². The molecular formula is C16H17N3O3. The van der Waals surface area contributed by atoms with Crippen LogP contribution in [-0.4, -0.2) is 53.2 Å². The van der Waals surface area contributed by atoms with Crippen LogP contribution in [0.25, 0.3) is 21.8 Å². The van der Waals surface area contributed by atoms with Gasteiger partial charge < -0.3 is 19.7 Å². The molecule has 3 rings (SSSR count). The summed E-state index contributed by atoms with van der Waals surface area (Å²) in [5.74, 6) is -0.265. The monoisotopic (exact) mass is 299 g/mol. The second-order valence-electron chi connectivity index (χ2n) is 5.40. The fraction of sp³-hybridized carbons (Fsp3) is 0.250. The summed E-state index contributed by atoms with van der Waals surface area (Å²) in [6.07, 6.45) is 1.55. The second kappa shape index (κ2) is 5.65. The SMILES string of the molecule is CN(C)CCOc1ccc2[nH]c3cnc(C(=O)O)cc3c2c1. The molecule has 0 saturated carbocycles. The van der Waals surface area contributed by atoms with Gasteiger partial charge >= 0.3 is 5.97 Å². The smallest absolute Gasteiger partial charge is 0.354 e. The summed E-state index contributed by atoms with van der Waals surface area (Å²) in [7, 11) is 3.99. The van der Waals surface area contributed by atoms with Gasteiger partial charge in [-0.05, 0) is 38.4 Å². The topological polar surface area (TPSA) is 78.5 Å². The standard InChI is InChI=1S/C16H17N3O3/c1-19(2)5-6-22-10-3-4-13-11(7-10)12-8-14(16(20)21)17-9-15(12)18-13/h3-4,7-9,18H,5-6H2,1-2H3,(H,20,21). The van der Waals surface area contributed by atoms with E-state index in [2.05, 4.69) is 14.9 Å². The number of H-pyrrole nitrogens is 1. The second-order valence-corrected chi connectivity index (χ2v) is 5.40. The summed E-state index contributed by atoms with van der Waals surface area (Å²) in [6.45, 7) is 1.43. The van der Waals surface area contributed by atoms with Gasteiger partial charge in [0.05, 0.1) is 11.7 Å². The Morgan fingerprint density at radius 3 is 2.77 bits per heavy atom. The Labute approximate surface area is 127 Å². The molecule has 2 heterocycles. The van der Waals surface area contributed by atoms with Crippen LogP contribution in [0.3, 0.4) is 0 Å². The number of hydrogen-bond donors (Lipinski definition) is 2. The number of aromatic carboxylic acids is 1. The van der Waals surface area contributed by atoms with Crippen molar-refractivity contribution in [3.63, 3.8) is 0 Å². The van der Waals surface area contributed by atoms with Gasteiger partial charge in [-0.15, -0.1) is 0 Å². The van der Waals surface area contributed by atoms with E-state index >= 15 is 0 Å². The minimum Gasteiger partial charge on any atom is -0.492 e. The molecule has 0 fully saturated rings. The van der Waals surface area contributed by atoms with E-state index in [9.17, 15) is 4.79 Å². The Morgan fingerprint density at radius 2 is 2.05 bits per heavy atom. The highest BCUT2D eigenvalue weighted by Gasteiger charge is 2.10. The van der Waals surface area contributed by atoms with Crippen LogP contribution in [0.4, 0.5) is 0 Å². The Kier molecular flexibility index (Phi) is 3.68. The highest BCUT2D eigenvalue weighted by atomic mass is 16.5. The molecule has 0 aliphatic carbocycles. The van der Waals surface area contributed by atoms with Crippen molar-refractivity contribution in [2.45, 2.75) is 0 Å². The Balaban J connectivity index is 1.99. The van der Waals surface area contributed by atoms with Gasteiger partial charge in [0, 0.05) is 22.8 Å². The maximum absolute atomic E-state index is 11.1. The molecule has 0 amide bonds. The maximum Gasteiger partial charge on any atom is 0.354 e. The quantitative estimate of drug-likeness (QED) is 0.756. The largest absolute Gasteiger partial charge is 0.492 e. The fourth-order valence-corrected chi connectivity index (χ4v) is 2.33. The first-order chi connectivity index (χ1) is 10.5. The predicted octanol–water partition coefficient (Wildman–Crippen LogP) is 2.35. The van der Waals surface area contributed by atoms with E-state index in [1.54, 1.807) is 12.3 Å². The van der Waals surface area contributed by atoms with Gasteiger partial charge in [-0.3, -0.25) is 0 Å². The van der Waals surface area contributed by atoms with Crippen LogP contribution >= 0.6 is 0 Å². The normalized spacial score (nSPS) is 11.4. The number of ether oxygens (including phenoxy) is 1. The molecule has 3 aromatic rings. The summed E-state index contributed by atoms with van der Waals surface area (Å²) in [5, 5.41) is 10.8. The van der Waals surface area contributed by atoms with Crippen LogP contribution in [0.5, 0.6) is 5.75 Å². The summed E-state index contributed by atoms with van der Waals surface area (Å²) < 4.78 is 5.73. The minimum absolute atomic E-state index is 0.0346. The molecule has 1 aromatic carbocycles. The number of likely N-dealkylation sites (N-methyl/N-ethyl adjacent to an activating group) is 1. The third-order valence-electron chi connectivity index (χ3n) is 3.48. The number of nitrogens with zero attached hydrogens (tertiary/aromatic N) is 2. The molecule has 0 atom stereocenters. The first-order valence-corrected chi connectivity index (χ1v) is 6.97. The Hall–Kier alpha value is -2.60. The van der Waals surface area contributed by atoms with E-state index in [4.69, 9.17) is 9.84 Å². The van der Waals surface area contributed by atoms with Gasteiger partial charge in [0.15, 0.2) is 0 Å². The summed E-state index contributed by atoms with van der Waals surface area (Å²) in [6, 6.07) is 7.34. The molecule has 0 radical (unpaired) electrons. The molecule has 0 bridgehead atoms. The van der Waals surface area contributed by atoms with Gasteiger partial charge in [0.2, 0.25) is 0 Å². The molecular weight excluding hydrogens is 282 g/mol. The van der Waals surface area contributed by atoms with Gasteiger partial charge in [-0.25, -0.2) is 9.78 Å². The molecule has 0 saturated heterocycles. The molecule has 6 nitrogen and oxygen atoms in total. The van der Waals surface area contributed by atoms with Crippen molar-refractivity contribution in [1.82, 2.24) is 14.9 Å². The van der Waals surface area contributed by atoms with Gasteiger partial charge in [0.25, 0.3) is 0 Å². The van der Waals surface area contributed by atoms with Crippen LogP contribution in [0, 0.1) is 0 Å². The van der Waals surface area contributed by atoms with Crippen molar-refractivity contribution < 1.29 is 14.6 Å². The Morgan fingerprint density at radius 1 is 1.27 bits per heavy atom. The summed E-state index contributed by atoms with van der Waals surface area (Å²) >= 11 is 0. The molecule has 6 heteroatoms. The van der Waals surface area contributed by atoms with Crippen LogP contribution < -0.4 is 4.74 Å². The van der Waals surface area contributed by atoms with Crippen LogP contribution in [0.2, 0.25) is 0 Å². The number of nitrogens with one attached hydrogen (secondary N) is 1. The first kappa shape index (κ1) is 14.3. The molecule has 0 aliphatic rings. The van der Waals surface area contributed by atoms with Crippen molar-refractivity contribution in [2.24, 2.45) is 0 Å². The number of fused-ring (bicyclic) bond motifs is 3. The van der Waals surface area contributed by atoms with E-state index < -0.39 is 5.97 Å².